The number of carbonyl (C=O) groups is 1. The minimum absolute atomic E-state index is 0.00593. The number of hydrogen-bond donors (Lipinski definition) is 0. The molecule has 2 rings (SSSR count). The Morgan fingerprint density at radius 1 is 1.16 bits per heavy atom. The van der Waals surface area contributed by atoms with Crippen LogP contribution in [0.1, 0.15) is 38.1 Å². The Hall–Kier alpha value is -1.12. The number of aliphatic imine (C=N–C) groups is 1. The topological polar surface area (TPSA) is 32.7 Å². The third-order valence-corrected chi connectivity index (χ3v) is 5.44. The molecule has 1 heterocycles. The molecular formula is C15H20N2OSe. The van der Waals surface area contributed by atoms with E-state index in [0.29, 0.717) is 0 Å². The standard InChI is InChI=1S/C15H20N2OSe/c1-10(2)16-15-17(11(3)4)14(18)13(19-15)12-8-6-5-7-9-12/h5-11,13H,1-4H3/b16-15-. The van der Waals surface area contributed by atoms with Gasteiger partial charge in [-0.3, -0.25) is 0 Å². The fraction of sp³-hybridized carbons (Fsp3) is 0.467. The van der Waals surface area contributed by atoms with Crippen LogP contribution in [0.3, 0.4) is 0 Å². The van der Waals surface area contributed by atoms with Crippen molar-refractivity contribution in [2.24, 2.45) is 4.99 Å². The maximum absolute atomic E-state index is 12.6. The normalized spacial score (nSPS) is 22.0. The van der Waals surface area contributed by atoms with Crippen LogP contribution in [0.5, 0.6) is 0 Å². The predicted octanol–water partition coefficient (Wildman–Crippen LogP) is 2.45. The molecular weight excluding hydrogens is 303 g/mol. The van der Waals surface area contributed by atoms with Gasteiger partial charge in [0.2, 0.25) is 0 Å². The molecule has 102 valence electrons. The zero-order valence-corrected chi connectivity index (χ0v) is 13.5. The molecule has 1 aromatic carbocycles. The van der Waals surface area contributed by atoms with Gasteiger partial charge in [0.15, 0.2) is 0 Å². The molecule has 1 atom stereocenters. The Balaban J connectivity index is 2.33. The third kappa shape index (κ3) is 3.07. The van der Waals surface area contributed by atoms with E-state index in [2.05, 4.69) is 32.7 Å². The first-order chi connectivity index (χ1) is 9.00. The summed E-state index contributed by atoms with van der Waals surface area (Å²) in [6.45, 7) is 8.22. The van der Waals surface area contributed by atoms with Gasteiger partial charge in [0.1, 0.15) is 0 Å². The summed E-state index contributed by atoms with van der Waals surface area (Å²) in [4.78, 5) is 19.1. The average Bonchev–Trinajstić information content (AvgIpc) is 2.66. The zero-order chi connectivity index (χ0) is 14.0. The first kappa shape index (κ1) is 14.3. The van der Waals surface area contributed by atoms with E-state index in [4.69, 9.17) is 0 Å². The quantitative estimate of drug-likeness (QED) is 0.787. The first-order valence-electron chi connectivity index (χ1n) is 6.63. The fourth-order valence-electron chi connectivity index (χ4n) is 2.06. The van der Waals surface area contributed by atoms with Gasteiger partial charge in [0, 0.05) is 0 Å². The Morgan fingerprint density at radius 3 is 2.32 bits per heavy atom. The molecule has 0 saturated carbocycles. The van der Waals surface area contributed by atoms with E-state index >= 15 is 0 Å². The summed E-state index contributed by atoms with van der Waals surface area (Å²) in [5.74, 6) is 0.209. The van der Waals surface area contributed by atoms with Gasteiger partial charge in [0.25, 0.3) is 0 Å². The van der Waals surface area contributed by atoms with Crippen LogP contribution in [-0.2, 0) is 4.79 Å². The molecule has 1 fully saturated rings. The monoisotopic (exact) mass is 324 g/mol. The van der Waals surface area contributed by atoms with Crippen molar-refractivity contribution in [2.75, 3.05) is 0 Å². The summed E-state index contributed by atoms with van der Waals surface area (Å²) in [6, 6.07) is 10.5. The van der Waals surface area contributed by atoms with Gasteiger partial charge in [-0.25, -0.2) is 0 Å². The van der Waals surface area contributed by atoms with Crippen molar-refractivity contribution in [3.8, 4) is 0 Å². The molecule has 1 aliphatic rings. The van der Waals surface area contributed by atoms with Crippen LogP contribution in [0.4, 0.5) is 0 Å². The van der Waals surface area contributed by atoms with E-state index in [1.807, 2.05) is 35.2 Å². The molecule has 4 heteroatoms. The molecule has 1 aliphatic heterocycles. The molecule has 1 amide bonds. The molecule has 1 unspecified atom stereocenters. The van der Waals surface area contributed by atoms with Gasteiger partial charge in [-0.1, -0.05) is 0 Å². The second-order valence-corrected chi connectivity index (χ2v) is 7.47. The summed E-state index contributed by atoms with van der Waals surface area (Å²) >= 11 is 0.0903. The number of rotatable bonds is 3. The van der Waals surface area contributed by atoms with Crippen molar-refractivity contribution in [1.82, 2.24) is 4.90 Å². The number of nitrogens with zero attached hydrogens (tertiary/aromatic N) is 2. The van der Waals surface area contributed by atoms with E-state index < -0.39 is 0 Å². The second-order valence-electron chi connectivity index (χ2n) is 5.22. The van der Waals surface area contributed by atoms with Crippen molar-refractivity contribution >= 4 is 25.6 Å². The van der Waals surface area contributed by atoms with Crippen LogP contribution in [0.15, 0.2) is 35.3 Å². The van der Waals surface area contributed by atoms with Crippen LogP contribution in [0.25, 0.3) is 0 Å². The van der Waals surface area contributed by atoms with Crippen LogP contribution in [0, 0.1) is 0 Å². The van der Waals surface area contributed by atoms with Gasteiger partial charge in [-0.15, -0.1) is 0 Å². The number of amides is 1. The van der Waals surface area contributed by atoms with E-state index in [1.54, 1.807) is 0 Å². The first-order valence-corrected chi connectivity index (χ1v) is 8.47. The van der Waals surface area contributed by atoms with Gasteiger partial charge >= 0.3 is 121 Å². The SMILES string of the molecule is CC(C)/N=C1\[Se]C(c2ccccc2)C(=O)N1C(C)C. The summed E-state index contributed by atoms with van der Waals surface area (Å²) in [7, 11) is 0. The van der Waals surface area contributed by atoms with Crippen LogP contribution >= 0.6 is 0 Å². The average molecular weight is 323 g/mol. The van der Waals surface area contributed by atoms with Gasteiger partial charge in [-0.05, 0) is 0 Å². The van der Waals surface area contributed by atoms with Crippen molar-refractivity contribution in [3.05, 3.63) is 35.9 Å². The Bertz CT molecular complexity index is 482. The summed E-state index contributed by atoms with van der Waals surface area (Å²) < 4.78 is 0.997. The number of benzene rings is 1. The molecule has 0 N–H and O–H groups in total. The Kier molecular flexibility index (Phi) is 4.43. The summed E-state index contributed by atoms with van der Waals surface area (Å²) in [5, 5.41) is 0. The molecule has 3 nitrogen and oxygen atoms in total. The van der Waals surface area contributed by atoms with Crippen LogP contribution < -0.4 is 0 Å². The molecule has 0 aromatic heterocycles. The van der Waals surface area contributed by atoms with Crippen molar-refractivity contribution in [3.63, 3.8) is 0 Å². The molecule has 19 heavy (non-hydrogen) atoms. The molecule has 0 bridgehead atoms. The molecule has 0 aliphatic carbocycles. The fourth-order valence-corrected chi connectivity index (χ4v) is 5.01. The number of carbonyl (C=O) groups excluding carboxylic acids is 1. The van der Waals surface area contributed by atoms with Crippen molar-refractivity contribution < 1.29 is 4.79 Å². The third-order valence-electron chi connectivity index (χ3n) is 2.88. The maximum atomic E-state index is 12.6. The zero-order valence-electron chi connectivity index (χ0n) is 11.8. The van der Waals surface area contributed by atoms with E-state index in [0.717, 1.165) is 10.3 Å². The number of amidine groups is 1. The molecule has 1 saturated heterocycles. The van der Waals surface area contributed by atoms with Crippen molar-refractivity contribution in [2.45, 2.75) is 44.6 Å². The summed E-state index contributed by atoms with van der Waals surface area (Å²) in [6.07, 6.45) is 0. The van der Waals surface area contributed by atoms with E-state index in [-0.39, 0.29) is 37.8 Å². The van der Waals surface area contributed by atoms with E-state index in [1.165, 1.54) is 0 Å². The Labute approximate surface area is 121 Å². The molecule has 0 radical (unpaired) electrons. The van der Waals surface area contributed by atoms with E-state index in [9.17, 15) is 4.79 Å². The summed E-state index contributed by atoms with van der Waals surface area (Å²) in [5.41, 5.74) is 1.12. The van der Waals surface area contributed by atoms with Crippen molar-refractivity contribution in [1.29, 1.82) is 0 Å². The predicted molar refractivity (Wildman–Crippen MR) is 79.5 cm³/mol. The van der Waals surface area contributed by atoms with Gasteiger partial charge in [-0.2, -0.15) is 0 Å². The number of hydrogen-bond acceptors (Lipinski definition) is 2. The second kappa shape index (κ2) is 5.89. The van der Waals surface area contributed by atoms with Crippen LogP contribution in [0.2, 0.25) is 0 Å². The minimum atomic E-state index is -0.00593. The van der Waals surface area contributed by atoms with Crippen LogP contribution in [-0.4, -0.2) is 42.6 Å². The molecule has 0 spiro atoms. The Morgan fingerprint density at radius 2 is 1.79 bits per heavy atom. The van der Waals surface area contributed by atoms with Gasteiger partial charge < -0.3 is 0 Å². The molecule has 1 aromatic rings. The van der Waals surface area contributed by atoms with Gasteiger partial charge in [0.05, 0.1) is 0 Å².